The summed E-state index contributed by atoms with van der Waals surface area (Å²) in [6.45, 7) is 3.62. The van der Waals surface area contributed by atoms with Gasteiger partial charge in [-0.05, 0) is 56.7 Å². The van der Waals surface area contributed by atoms with Crippen LogP contribution in [0.3, 0.4) is 0 Å². The van der Waals surface area contributed by atoms with Crippen molar-refractivity contribution in [2.75, 3.05) is 19.6 Å². The van der Waals surface area contributed by atoms with Gasteiger partial charge in [-0.25, -0.2) is 8.42 Å². The maximum absolute atomic E-state index is 12.8. The summed E-state index contributed by atoms with van der Waals surface area (Å²) in [6, 6.07) is 4.30. The van der Waals surface area contributed by atoms with E-state index in [1.54, 1.807) is 6.92 Å². The second kappa shape index (κ2) is 6.78. The third-order valence-corrected chi connectivity index (χ3v) is 6.89. The van der Waals surface area contributed by atoms with Crippen LogP contribution in [-0.4, -0.2) is 43.3 Å². The maximum Gasteiger partial charge on any atom is 0.269 e. The van der Waals surface area contributed by atoms with Gasteiger partial charge in [0.05, 0.1) is 9.82 Å². The Labute approximate surface area is 142 Å². The number of hydrogen-bond donors (Lipinski definition) is 1. The molecule has 0 aromatic heterocycles. The van der Waals surface area contributed by atoms with Gasteiger partial charge in [-0.3, -0.25) is 10.1 Å². The topological polar surface area (TPSA) is 92.5 Å². The standard InChI is InChI=1S/C16H23N3O4S/c1-12-10-15(19(20)21)4-5-16(12)24(22,23)18-8-6-14(7-9-18)17-11-13-2-3-13/h4-5,10,13-14,17H,2-3,6-9,11H2,1H3. The summed E-state index contributed by atoms with van der Waals surface area (Å²) in [5, 5.41) is 14.3. The average Bonchev–Trinajstić information content (AvgIpc) is 3.37. The van der Waals surface area contributed by atoms with Gasteiger partial charge < -0.3 is 5.32 Å². The van der Waals surface area contributed by atoms with Gasteiger partial charge in [0.15, 0.2) is 0 Å². The summed E-state index contributed by atoms with van der Waals surface area (Å²) >= 11 is 0. The molecule has 2 fully saturated rings. The first-order chi connectivity index (χ1) is 11.4. The normalized spacial score (nSPS) is 20.2. The number of aryl methyl sites for hydroxylation is 1. The van der Waals surface area contributed by atoms with Gasteiger partial charge in [0.2, 0.25) is 10.0 Å². The zero-order valence-corrected chi connectivity index (χ0v) is 14.6. The molecule has 1 N–H and O–H groups in total. The van der Waals surface area contributed by atoms with Crippen molar-refractivity contribution >= 4 is 15.7 Å². The van der Waals surface area contributed by atoms with Crippen molar-refractivity contribution in [3.63, 3.8) is 0 Å². The Morgan fingerprint density at radius 2 is 1.92 bits per heavy atom. The number of rotatable bonds is 6. The number of nitrogens with one attached hydrogen (secondary N) is 1. The molecule has 1 heterocycles. The highest BCUT2D eigenvalue weighted by Crippen LogP contribution is 2.29. The first-order valence-electron chi connectivity index (χ1n) is 8.36. The van der Waals surface area contributed by atoms with Crippen LogP contribution in [0.4, 0.5) is 5.69 Å². The number of benzene rings is 1. The smallest absolute Gasteiger partial charge is 0.269 e. The minimum atomic E-state index is -3.59. The van der Waals surface area contributed by atoms with Crippen LogP contribution >= 0.6 is 0 Å². The minimum absolute atomic E-state index is 0.0885. The van der Waals surface area contributed by atoms with Crippen LogP contribution in [0, 0.1) is 23.0 Å². The maximum atomic E-state index is 12.8. The lowest BCUT2D eigenvalue weighted by Crippen LogP contribution is -2.45. The highest BCUT2D eigenvalue weighted by atomic mass is 32.2. The van der Waals surface area contributed by atoms with Crippen molar-refractivity contribution in [1.82, 2.24) is 9.62 Å². The first-order valence-corrected chi connectivity index (χ1v) is 9.80. The fraction of sp³-hybridized carbons (Fsp3) is 0.625. The van der Waals surface area contributed by atoms with E-state index in [-0.39, 0.29) is 10.6 Å². The summed E-state index contributed by atoms with van der Waals surface area (Å²) in [5.41, 5.74) is 0.326. The molecule has 1 aliphatic heterocycles. The molecule has 0 amide bonds. The molecule has 0 unspecified atom stereocenters. The van der Waals surface area contributed by atoms with Gasteiger partial charge in [-0.1, -0.05) is 0 Å². The number of sulfonamides is 1. The number of nitro groups is 1. The summed E-state index contributed by atoms with van der Waals surface area (Å²) in [7, 11) is -3.59. The zero-order valence-electron chi connectivity index (χ0n) is 13.8. The molecule has 24 heavy (non-hydrogen) atoms. The molecule has 0 radical (unpaired) electrons. The highest BCUT2D eigenvalue weighted by Gasteiger charge is 2.31. The predicted molar refractivity (Wildman–Crippen MR) is 90.3 cm³/mol. The van der Waals surface area contributed by atoms with Gasteiger partial charge in [0, 0.05) is 31.3 Å². The van der Waals surface area contributed by atoms with E-state index in [2.05, 4.69) is 5.32 Å². The molecule has 1 aromatic carbocycles. The van der Waals surface area contributed by atoms with Crippen LogP contribution in [0.5, 0.6) is 0 Å². The van der Waals surface area contributed by atoms with Crippen molar-refractivity contribution in [3.05, 3.63) is 33.9 Å². The first kappa shape index (κ1) is 17.3. The van der Waals surface area contributed by atoms with Crippen LogP contribution in [0.1, 0.15) is 31.2 Å². The molecule has 7 nitrogen and oxygen atoms in total. The number of non-ortho nitro benzene ring substituents is 1. The molecule has 132 valence electrons. The monoisotopic (exact) mass is 353 g/mol. The molecule has 1 aliphatic carbocycles. The molecule has 1 aromatic rings. The van der Waals surface area contributed by atoms with E-state index in [1.807, 2.05) is 0 Å². The summed E-state index contributed by atoms with van der Waals surface area (Å²) < 4.78 is 27.1. The number of nitro benzene ring substituents is 1. The summed E-state index contributed by atoms with van der Waals surface area (Å²) in [5.74, 6) is 0.814. The average molecular weight is 353 g/mol. The lowest BCUT2D eigenvalue weighted by Gasteiger charge is -2.32. The zero-order chi connectivity index (χ0) is 17.3. The van der Waals surface area contributed by atoms with Gasteiger partial charge in [0.1, 0.15) is 0 Å². The lowest BCUT2D eigenvalue weighted by atomic mass is 10.1. The van der Waals surface area contributed by atoms with E-state index < -0.39 is 14.9 Å². The third kappa shape index (κ3) is 3.76. The molecule has 0 atom stereocenters. The number of piperidine rings is 1. The fourth-order valence-corrected chi connectivity index (χ4v) is 4.81. The summed E-state index contributed by atoms with van der Waals surface area (Å²) in [4.78, 5) is 10.5. The van der Waals surface area contributed by atoms with Crippen LogP contribution in [0.15, 0.2) is 23.1 Å². The Hall–Kier alpha value is -1.51. The van der Waals surface area contributed by atoms with E-state index in [0.717, 1.165) is 25.3 Å². The van der Waals surface area contributed by atoms with Crippen LogP contribution in [0.25, 0.3) is 0 Å². The van der Waals surface area contributed by atoms with Crippen molar-refractivity contribution in [3.8, 4) is 0 Å². The predicted octanol–water partition coefficient (Wildman–Crippen LogP) is 2.06. The van der Waals surface area contributed by atoms with Gasteiger partial charge in [-0.2, -0.15) is 4.31 Å². The van der Waals surface area contributed by atoms with E-state index in [0.29, 0.717) is 24.7 Å². The molecule has 1 saturated heterocycles. The van der Waals surface area contributed by atoms with Crippen LogP contribution in [-0.2, 0) is 10.0 Å². The van der Waals surface area contributed by atoms with Gasteiger partial charge >= 0.3 is 0 Å². The van der Waals surface area contributed by atoms with E-state index in [1.165, 1.54) is 35.3 Å². The molecular weight excluding hydrogens is 330 g/mol. The van der Waals surface area contributed by atoms with Crippen molar-refractivity contribution in [2.45, 2.75) is 43.5 Å². The summed E-state index contributed by atoms with van der Waals surface area (Å²) in [6.07, 6.45) is 4.22. The van der Waals surface area contributed by atoms with Gasteiger partial charge in [0.25, 0.3) is 5.69 Å². The van der Waals surface area contributed by atoms with Crippen molar-refractivity contribution < 1.29 is 13.3 Å². The minimum Gasteiger partial charge on any atom is -0.314 e. The molecule has 0 spiro atoms. The molecular formula is C16H23N3O4S. The molecule has 8 heteroatoms. The second-order valence-corrected chi connectivity index (χ2v) is 8.64. The second-order valence-electron chi connectivity index (χ2n) is 6.74. The number of nitrogens with zero attached hydrogens (tertiary/aromatic N) is 2. The van der Waals surface area contributed by atoms with E-state index in [4.69, 9.17) is 0 Å². The van der Waals surface area contributed by atoms with Crippen LogP contribution in [0.2, 0.25) is 0 Å². The largest absolute Gasteiger partial charge is 0.314 e. The van der Waals surface area contributed by atoms with Crippen molar-refractivity contribution in [1.29, 1.82) is 0 Å². The molecule has 1 saturated carbocycles. The highest BCUT2D eigenvalue weighted by molar-refractivity contribution is 7.89. The number of hydrogen-bond acceptors (Lipinski definition) is 5. The Morgan fingerprint density at radius 1 is 1.25 bits per heavy atom. The van der Waals surface area contributed by atoms with Crippen LogP contribution < -0.4 is 5.32 Å². The van der Waals surface area contributed by atoms with E-state index in [9.17, 15) is 18.5 Å². The molecule has 2 aliphatic rings. The Morgan fingerprint density at radius 3 is 2.46 bits per heavy atom. The van der Waals surface area contributed by atoms with E-state index >= 15 is 0 Å². The third-order valence-electron chi connectivity index (χ3n) is 4.83. The Kier molecular flexibility index (Phi) is 4.89. The molecule has 3 rings (SSSR count). The SMILES string of the molecule is Cc1cc([N+](=O)[O-])ccc1S(=O)(=O)N1CCC(NCC2CC2)CC1. The fourth-order valence-electron chi connectivity index (χ4n) is 3.13. The Balaban J connectivity index is 1.66. The Bertz CT molecular complexity index is 723. The van der Waals surface area contributed by atoms with Crippen molar-refractivity contribution in [2.24, 2.45) is 5.92 Å². The van der Waals surface area contributed by atoms with Gasteiger partial charge in [-0.15, -0.1) is 0 Å². The quantitative estimate of drug-likeness (QED) is 0.624. The lowest BCUT2D eigenvalue weighted by molar-refractivity contribution is -0.385. The molecule has 0 bridgehead atoms.